The summed E-state index contributed by atoms with van der Waals surface area (Å²) in [5.74, 6) is -0.768. The fraction of sp³-hybridized carbons (Fsp3) is 0.364. The van der Waals surface area contributed by atoms with E-state index in [-0.39, 0.29) is 22.6 Å². The number of carbonyl (C=O) groups excluding carboxylic acids is 2. The number of hydrogen-bond acceptors (Lipinski definition) is 2. The Labute approximate surface area is 150 Å². The molecule has 0 aliphatic heterocycles. The van der Waals surface area contributed by atoms with Crippen molar-refractivity contribution in [1.82, 2.24) is 5.32 Å². The zero-order chi connectivity index (χ0) is 18.8. The van der Waals surface area contributed by atoms with Gasteiger partial charge in [-0.1, -0.05) is 65.8 Å². The molecule has 2 aromatic rings. The van der Waals surface area contributed by atoms with Gasteiger partial charge < -0.3 is 0 Å². The van der Waals surface area contributed by atoms with E-state index in [0.29, 0.717) is 11.1 Å². The van der Waals surface area contributed by atoms with Crippen molar-refractivity contribution < 1.29 is 9.59 Å². The van der Waals surface area contributed by atoms with Crippen molar-refractivity contribution in [1.29, 1.82) is 0 Å². The van der Waals surface area contributed by atoms with Crippen LogP contribution in [0.5, 0.6) is 0 Å². The van der Waals surface area contributed by atoms with Crippen molar-refractivity contribution in [2.45, 2.75) is 52.4 Å². The van der Waals surface area contributed by atoms with Crippen molar-refractivity contribution in [2.24, 2.45) is 0 Å². The van der Waals surface area contributed by atoms with Crippen LogP contribution in [0.3, 0.4) is 0 Å². The molecule has 0 saturated heterocycles. The quantitative estimate of drug-likeness (QED) is 0.796. The largest absolute Gasteiger partial charge is 0.288 e. The maximum absolute atomic E-state index is 12.3. The molecule has 0 saturated carbocycles. The summed E-state index contributed by atoms with van der Waals surface area (Å²) in [7, 11) is 0. The Morgan fingerprint density at radius 1 is 0.600 bits per heavy atom. The highest BCUT2D eigenvalue weighted by Crippen LogP contribution is 2.23. The van der Waals surface area contributed by atoms with Gasteiger partial charge in [0.05, 0.1) is 0 Å². The molecule has 0 aliphatic carbocycles. The summed E-state index contributed by atoms with van der Waals surface area (Å²) >= 11 is 0. The number of rotatable bonds is 2. The van der Waals surface area contributed by atoms with Crippen LogP contribution in [0.2, 0.25) is 0 Å². The standard InChI is InChI=1S/C22H27NO2/c1-21(2,3)17-11-7-15(8-12-17)19(24)23-20(25)16-9-13-18(14-10-16)22(4,5)6/h7-14H,1-6H3,(H,23,24,25). The van der Waals surface area contributed by atoms with Crippen molar-refractivity contribution in [3.63, 3.8) is 0 Å². The third-order valence-electron chi connectivity index (χ3n) is 4.25. The first-order valence-corrected chi connectivity index (χ1v) is 8.55. The van der Waals surface area contributed by atoms with E-state index in [1.807, 2.05) is 24.3 Å². The first-order valence-electron chi connectivity index (χ1n) is 8.55. The van der Waals surface area contributed by atoms with Crippen molar-refractivity contribution >= 4 is 11.8 Å². The highest BCUT2D eigenvalue weighted by molar-refractivity contribution is 6.10. The Balaban J connectivity index is 2.08. The average molecular weight is 337 g/mol. The molecule has 2 aromatic carbocycles. The molecule has 0 aliphatic rings. The van der Waals surface area contributed by atoms with E-state index in [9.17, 15) is 9.59 Å². The van der Waals surface area contributed by atoms with Crippen LogP contribution in [0.1, 0.15) is 73.4 Å². The van der Waals surface area contributed by atoms with E-state index in [1.54, 1.807) is 24.3 Å². The van der Waals surface area contributed by atoms with E-state index in [0.717, 1.165) is 11.1 Å². The number of carbonyl (C=O) groups is 2. The summed E-state index contributed by atoms with van der Waals surface area (Å²) < 4.78 is 0. The fourth-order valence-electron chi connectivity index (χ4n) is 2.49. The monoisotopic (exact) mass is 337 g/mol. The van der Waals surface area contributed by atoms with Gasteiger partial charge in [0.1, 0.15) is 0 Å². The van der Waals surface area contributed by atoms with Crippen molar-refractivity contribution in [2.75, 3.05) is 0 Å². The van der Waals surface area contributed by atoms with Gasteiger partial charge in [0.15, 0.2) is 0 Å². The van der Waals surface area contributed by atoms with Crippen LogP contribution in [0.4, 0.5) is 0 Å². The molecule has 0 bridgehead atoms. The third-order valence-corrected chi connectivity index (χ3v) is 4.25. The average Bonchev–Trinajstić information content (AvgIpc) is 2.53. The first kappa shape index (κ1) is 18.9. The van der Waals surface area contributed by atoms with Gasteiger partial charge in [0, 0.05) is 11.1 Å². The van der Waals surface area contributed by atoms with Crippen molar-refractivity contribution in [3.8, 4) is 0 Å². The molecule has 0 unspecified atom stereocenters. The minimum absolute atomic E-state index is 0.0274. The molecule has 0 radical (unpaired) electrons. The number of amides is 2. The van der Waals surface area contributed by atoms with E-state index >= 15 is 0 Å². The molecular formula is C22H27NO2. The molecule has 0 spiro atoms. The molecule has 0 fully saturated rings. The van der Waals surface area contributed by atoms with Gasteiger partial charge >= 0.3 is 0 Å². The molecule has 1 N–H and O–H groups in total. The van der Waals surface area contributed by atoms with Gasteiger partial charge in [-0.3, -0.25) is 14.9 Å². The predicted molar refractivity (Wildman–Crippen MR) is 102 cm³/mol. The maximum Gasteiger partial charge on any atom is 0.258 e. The molecule has 132 valence electrons. The molecule has 0 atom stereocenters. The first-order chi connectivity index (χ1) is 11.5. The smallest absolute Gasteiger partial charge is 0.258 e. The van der Waals surface area contributed by atoms with Crippen LogP contribution < -0.4 is 5.32 Å². The fourth-order valence-corrected chi connectivity index (χ4v) is 2.49. The summed E-state index contributed by atoms with van der Waals surface area (Å²) in [6, 6.07) is 14.7. The third kappa shape index (κ3) is 4.79. The van der Waals surface area contributed by atoms with Gasteiger partial charge in [0.25, 0.3) is 11.8 Å². The second-order valence-electron chi connectivity index (χ2n) is 8.44. The highest BCUT2D eigenvalue weighted by Gasteiger charge is 2.17. The SMILES string of the molecule is CC(C)(C)c1ccc(C(=O)NC(=O)c2ccc(C(C)(C)C)cc2)cc1. The minimum atomic E-state index is -0.384. The lowest BCUT2D eigenvalue weighted by atomic mass is 9.86. The normalized spacial score (nSPS) is 11.9. The molecule has 25 heavy (non-hydrogen) atoms. The van der Waals surface area contributed by atoms with Crippen LogP contribution in [0, 0.1) is 0 Å². The number of imide groups is 1. The van der Waals surface area contributed by atoms with E-state index in [2.05, 4.69) is 46.9 Å². The number of hydrogen-bond donors (Lipinski definition) is 1. The zero-order valence-corrected chi connectivity index (χ0v) is 15.9. The molecule has 0 aromatic heterocycles. The van der Waals surface area contributed by atoms with Crippen LogP contribution in [0.25, 0.3) is 0 Å². The molecule has 3 heteroatoms. The number of nitrogens with one attached hydrogen (secondary N) is 1. The van der Waals surface area contributed by atoms with E-state index in [1.165, 1.54) is 0 Å². The van der Waals surface area contributed by atoms with Crippen LogP contribution in [-0.2, 0) is 10.8 Å². The van der Waals surface area contributed by atoms with E-state index in [4.69, 9.17) is 0 Å². The summed E-state index contributed by atoms with van der Waals surface area (Å²) in [5.41, 5.74) is 3.31. The molecule has 0 heterocycles. The Kier molecular flexibility index (Phi) is 5.17. The van der Waals surface area contributed by atoms with Gasteiger partial charge in [-0.25, -0.2) is 0 Å². The van der Waals surface area contributed by atoms with Crippen LogP contribution in [0.15, 0.2) is 48.5 Å². The molecule has 2 amide bonds. The topological polar surface area (TPSA) is 46.2 Å². The summed E-state index contributed by atoms with van der Waals surface area (Å²) in [6.07, 6.45) is 0. The Hall–Kier alpha value is -2.42. The van der Waals surface area contributed by atoms with Gasteiger partial charge in [-0.2, -0.15) is 0 Å². The minimum Gasteiger partial charge on any atom is -0.288 e. The Morgan fingerprint density at radius 2 is 0.880 bits per heavy atom. The van der Waals surface area contributed by atoms with Crippen LogP contribution in [-0.4, -0.2) is 11.8 Å². The summed E-state index contributed by atoms with van der Waals surface area (Å²) in [5, 5.41) is 2.45. The van der Waals surface area contributed by atoms with Gasteiger partial charge in [-0.05, 0) is 46.2 Å². The second kappa shape index (κ2) is 6.83. The summed E-state index contributed by atoms with van der Waals surface area (Å²) in [6.45, 7) is 12.7. The predicted octanol–water partition coefficient (Wildman–Crippen LogP) is 4.85. The highest BCUT2D eigenvalue weighted by atomic mass is 16.2. The maximum atomic E-state index is 12.3. The Morgan fingerprint density at radius 3 is 1.12 bits per heavy atom. The molecule has 3 nitrogen and oxygen atoms in total. The van der Waals surface area contributed by atoms with Gasteiger partial charge in [-0.15, -0.1) is 0 Å². The lowest BCUT2D eigenvalue weighted by Gasteiger charge is -2.19. The number of benzene rings is 2. The van der Waals surface area contributed by atoms with Gasteiger partial charge in [0.2, 0.25) is 0 Å². The lowest BCUT2D eigenvalue weighted by molar-refractivity contribution is 0.0849. The van der Waals surface area contributed by atoms with Crippen molar-refractivity contribution in [3.05, 3.63) is 70.8 Å². The summed E-state index contributed by atoms with van der Waals surface area (Å²) in [4.78, 5) is 24.6. The van der Waals surface area contributed by atoms with E-state index < -0.39 is 0 Å². The zero-order valence-electron chi connectivity index (χ0n) is 15.9. The Bertz CT molecular complexity index is 690. The van der Waals surface area contributed by atoms with Crippen LogP contribution >= 0.6 is 0 Å². The lowest BCUT2D eigenvalue weighted by Crippen LogP contribution is -2.30. The molecule has 2 rings (SSSR count). The molecular weight excluding hydrogens is 310 g/mol. The second-order valence-corrected chi connectivity index (χ2v) is 8.44.